The monoisotopic (exact) mass is 417 g/mol. The summed E-state index contributed by atoms with van der Waals surface area (Å²) in [4.78, 5) is 20.0. The van der Waals surface area contributed by atoms with Gasteiger partial charge in [0, 0.05) is 25.2 Å². The van der Waals surface area contributed by atoms with Crippen LogP contribution in [-0.4, -0.2) is 29.0 Å². The van der Waals surface area contributed by atoms with E-state index in [9.17, 15) is 4.79 Å². The van der Waals surface area contributed by atoms with Crippen LogP contribution in [0.4, 0.5) is 0 Å². The molecule has 5 nitrogen and oxygen atoms in total. The average molecular weight is 418 g/mol. The van der Waals surface area contributed by atoms with E-state index in [2.05, 4.69) is 54.0 Å². The fraction of sp³-hybridized carbons (Fsp3) is 0.462. The van der Waals surface area contributed by atoms with E-state index in [1.54, 1.807) is 0 Å². The lowest BCUT2D eigenvalue weighted by Gasteiger charge is -2.35. The average Bonchev–Trinajstić information content (AvgIpc) is 3.24. The van der Waals surface area contributed by atoms with Gasteiger partial charge in [-0.05, 0) is 65.8 Å². The Hall–Kier alpha value is -2.68. The van der Waals surface area contributed by atoms with Gasteiger partial charge in [-0.2, -0.15) is 0 Å². The van der Waals surface area contributed by atoms with Gasteiger partial charge in [-0.1, -0.05) is 38.0 Å². The number of ketones is 1. The van der Waals surface area contributed by atoms with Gasteiger partial charge in [0.25, 0.3) is 0 Å². The standard InChI is InChI=1S/C26H31N3O2/c1-4-21-17-28-24(29-21)23(30)15-19-5-6-20(26(27)11-13-31-14-12-26)16-22(19)18-7-9-25(2,3)10-8-18/h1,5-7,16-17H,8-15,27H2,2-3H3,(H,28,29). The molecule has 162 valence electrons. The lowest BCUT2D eigenvalue weighted by Crippen LogP contribution is -2.42. The molecule has 0 saturated carbocycles. The minimum absolute atomic E-state index is 0.0687. The number of aromatic amines is 1. The number of aromatic nitrogens is 2. The molecule has 2 heterocycles. The van der Waals surface area contributed by atoms with Crippen molar-refractivity contribution in [3.05, 3.63) is 58.7 Å². The molecule has 1 aliphatic heterocycles. The smallest absolute Gasteiger partial charge is 0.202 e. The summed E-state index contributed by atoms with van der Waals surface area (Å²) < 4.78 is 5.53. The van der Waals surface area contributed by atoms with E-state index in [-0.39, 0.29) is 17.7 Å². The number of nitrogens with zero attached hydrogens (tertiary/aromatic N) is 1. The Morgan fingerprint density at radius 3 is 2.71 bits per heavy atom. The van der Waals surface area contributed by atoms with Crippen molar-refractivity contribution in [2.45, 2.75) is 57.9 Å². The molecule has 0 radical (unpaired) electrons. The van der Waals surface area contributed by atoms with Crippen LogP contribution in [0.3, 0.4) is 0 Å². The summed E-state index contributed by atoms with van der Waals surface area (Å²) in [5.74, 6) is 2.72. The van der Waals surface area contributed by atoms with E-state index in [0.29, 0.717) is 30.1 Å². The number of carbonyl (C=O) groups is 1. The zero-order valence-electron chi connectivity index (χ0n) is 18.5. The summed E-state index contributed by atoms with van der Waals surface area (Å²) in [6.45, 7) is 5.97. The van der Waals surface area contributed by atoms with Gasteiger partial charge in [0.2, 0.25) is 5.78 Å². The molecule has 0 spiro atoms. The second kappa shape index (κ2) is 8.45. The van der Waals surface area contributed by atoms with Crippen molar-refractivity contribution in [2.75, 3.05) is 13.2 Å². The number of nitrogens with one attached hydrogen (secondary N) is 1. The van der Waals surface area contributed by atoms with Crippen LogP contribution in [0.5, 0.6) is 0 Å². The van der Waals surface area contributed by atoms with E-state index < -0.39 is 0 Å². The van der Waals surface area contributed by atoms with Crippen molar-refractivity contribution in [3.63, 3.8) is 0 Å². The highest BCUT2D eigenvalue weighted by atomic mass is 16.5. The molecule has 3 N–H and O–H groups in total. The van der Waals surface area contributed by atoms with Crippen LogP contribution in [-0.2, 0) is 16.7 Å². The van der Waals surface area contributed by atoms with E-state index in [1.807, 2.05) is 0 Å². The summed E-state index contributed by atoms with van der Waals surface area (Å²) in [5, 5.41) is 0. The molecule has 0 atom stereocenters. The predicted octanol–water partition coefficient (Wildman–Crippen LogP) is 4.37. The summed E-state index contributed by atoms with van der Waals surface area (Å²) in [5.41, 5.74) is 11.8. The van der Waals surface area contributed by atoms with Crippen molar-refractivity contribution >= 4 is 11.4 Å². The maximum atomic E-state index is 12.9. The molecule has 1 saturated heterocycles. The van der Waals surface area contributed by atoms with Crippen molar-refractivity contribution in [1.29, 1.82) is 0 Å². The van der Waals surface area contributed by atoms with Gasteiger partial charge in [-0.15, -0.1) is 6.42 Å². The highest BCUT2D eigenvalue weighted by Gasteiger charge is 2.31. The van der Waals surface area contributed by atoms with Gasteiger partial charge >= 0.3 is 0 Å². The first kappa shape index (κ1) is 21.5. The molecule has 0 unspecified atom stereocenters. The number of ether oxygens (including phenoxy) is 1. The molecule has 1 aromatic heterocycles. The fourth-order valence-corrected chi connectivity index (χ4v) is 4.48. The Balaban J connectivity index is 1.69. The van der Waals surface area contributed by atoms with Gasteiger partial charge in [0.1, 0.15) is 5.69 Å². The van der Waals surface area contributed by atoms with Crippen LogP contribution >= 0.6 is 0 Å². The Bertz CT molecular complexity index is 1050. The predicted molar refractivity (Wildman–Crippen MR) is 123 cm³/mol. The molecule has 1 aromatic carbocycles. The number of carbonyl (C=O) groups excluding carboxylic acids is 1. The lowest BCUT2D eigenvalue weighted by atomic mass is 9.75. The van der Waals surface area contributed by atoms with Crippen LogP contribution in [0.1, 0.15) is 79.0 Å². The molecule has 4 rings (SSSR count). The highest BCUT2D eigenvalue weighted by Crippen LogP contribution is 2.40. The number of hydrogen-bond donors (Lipinski definition) is 2. The summed E-state index contributed by atoms with van der Waals surface area (Å²) in [7, 11) is 0. The van der Waals surface area contributed by atoms with Crippen molar-refractivity contribution in [3.8, 4) is 12.3 Å². The molecule has 0 bridgehead atoms. The number of imidazole rings is 1. The Kier molecular flexibility index (Phi) is 5.88. The first-order chi connectivity index (χ1) is 14.8. The molecular formula is C26H31N3O2. The van der Waals surface area contributed by atoms with Crippen LogP contribution in [0, 0.1) is 17.8 Å². The minimum atomic E-state index is -0.382. The first-order valence-electron chi connectivity index (χ1n) is 11.0. The van der Waals surface area contributed by atoms with Crippen LogP contribution in [0.15, 0.2) is 30.5 Å². The van der Waals surface area contributed by atoms with Gasteiger partial charge in [0.05, 0.1) is 6.20 Å². The van der Waals surface area contributed by atoms with Gasteiger partial charge in [0.15, 0.2) is 5.82 Å². The number of benzene rings is 1. The number of rotatable bonds is 5. The third kappa shape index (κ3) is 4.66. The molecular weight excluding hydrogens is 386 g/mol. The third-order valence-electron chi connectivity index (χ3n) is 6.73. The molecule has 31 heavy (non-hydrogen) atoms. The van der Waals surface area contributed by atoms with Crippen LogP contribution in [0.25, 0.3) is 5.57 Å². The maximum Gasteiger partial charge on any atom is 0.202 e. The maximum absolute atomic E-state index is 12.9. The number of terminal acetylenes is 1. The second-order valence-corrected chi connectivity index (χ2v) is 9.63. The molecule has 1 fully saturated rings. The zero-order chi connectivity index (χ0) is 22.1. The zero-order valence-corrected chi connectivity index (χ0v) is 18.5. The number of allylic oxidation sites excluding steroid dienone is 2. The first-order valence-corrected chi connectivity index (χ1v) is 11.0. The van der Waals surface area contributed by atoms with Crippen molar-refractivity contribution < 1.29 is 9.53 Å². The summed E-state index contributed by atoms with van der Waals surface area (Å²) in [6.07, 6.45) is 14.3. The quantitative estimate of drug-likeness (QED) is 0.559. The summed E-state index contributed by atoms with van der Waals surface area (Å²) in [6, 6.07) is 6.37. The Morgan fingerprint density at radius 1 is 1.29 bits per heavy atom. The number of H-pyrrole nitrogens is 1. The fourth-order valence-electron chi connectivity index (χ4n) is 4.48. The lowest BCUT2D eigenvalue weighted by molar-refractivity contribution is 0.0522. The van der Waals surface area contributed by atoms with Crippen molar-refractivity contribution in [1.82, 2.24) is 9.97 Å². The second-order valence-electron chi connectivity index (χ2n) is 9.63. The minimum Gasteiger partial charge on any atom is -0.381 e. The SMILES string of the molecule is C#Cc1cnc(C(=O)Cc2ccc(C3(N)CCOCC3)cc2C2=CCC(C)(C)CC2)[nH]1. The molecule has 5 heteroatoms. The molecule has 1 aliphatic carbocycles. The normalized spacial score (nSPS) is 20.0. The van der Waals surface area contributed by atoms with Gasteiger partial charge < -0.3 is 15.5 Å². The highest BCUT2D eigenvalue weighted by molar-refractivity contribution is 5.95. The number of nitrogens with two attached hydrogens (primary N) is 1. The van der Waals surface area contributed by atoms with E-state index in [0.717, 1.165) is 48.8 Å². The van der Waals surface area contributed by atoms with E-state index in [1.165, 1.54) is 11.8 Å². The van der Waals surface area contributed by atoms with E-state index in [4.69, 9.17) is 16.9 Å². The van der Waals surface area contributed by atoms with E-state index >= 15 is 0 Å². The molecule has 2 aliphatic rings. The number of Topliss-reactive ketones (excluding diaryl/α,β-unsaturated/α-hetero) is 1. The Labute approximate surface area is 184 Å². The molecule has 2 aromatic rings. The van der Waals surface area contributed by atoms with Gasteiger partial charge in [-0.25, -0.2) is 4.98 Å². The third-order valence-corrected chi connectivity index (χ3v) is 6.73. The number of hydrogen-bond acceptors (Lipinski definition) is 4. The van der Waals surface area contributed by atoms with Crippen molar-refractivity contribution in [2.24, 2.45) is 11.1 Å². The largest absolute Gasteiger partial charge is 0.381 e. The Morgan fingerprint density at radius 2 is 2.06 bits per heavy atom. The van der Waals surface area contributed by atoms with Crippen LogP contribution < -0.4 is 5.73 Å². The summed E-state index contributed by atoms with van der Waals surface area (Å²) >= 11 is 0. The molecule has 0 amide bonds. The van der Waals surface area contributed by atoms with Crippen LogP contribution in [0.2, 0.25) is 0 Å². The van der Waals surface area contributed by atoms with Gasteiger partial charge in [-0.3, -0.25) is 4.79 Å². The topological polar surface area (TPSA) is 81.0 Å².